The standard InChI is InChI=1S/C12H11FSi/c13-10-6-8-12(9-7-10)14-11-4-2-1-3-5-11/h1-9H,14H2. The molecule has 0 aliphatic heterocycles. The molecule has 0 radical (unpaired) electrons. The molecule has 0 saturated heterocycles. The fourth-order valence-electron chi connectivity index (χ4n) is 1.43. The summed E-state index contributed by atoms with van der Waals surface area (Å²) in [5.41, 5.74) is 0. The normalized spacial score (nSPS) is 10.9. The molecule has 2 heteroatoms. The van der Waals surface area contributed by atoms with Gasteiger partial charge in [-0.2, -0.15) is 0 Å². The molecule has 0 aromatic heterocycles. The molecule has 0 amide bonds. The summed E-state index contributed by atoms with van der Waals surface area (Å²) >= 11 is 0. The molecule has 14 heavy (non-hydrogen) atoms. The Kier molecular flexibility index (Phi) is 2.75. The van der Waals surface area contributed by atoms with Crippen LogP contribution >= 0.6 is 0 Å². The Hall–Kier alpha value is -1.41. The third kappa shape index (κ3) is 2.30. The van der Waals surface area contributed by atoms with Crippen molar-refractivity contribution in [3.8, 4) is 0 Å². The number of rotatable bonds is 2. The van der Waals surface area contributed by atoms with Gasteiger partial charge in [0.1, 0.15) is 5.82 Å². The molecule has 0 heterocycles. The molecule has 0 saturated carbocycles. The maximum absolute atomic E-state index is 12.6. The maximum Gasteiger partial charge on any atom is 0.123 e. The van der Waals surface area contributed by atoms with E-state index in [2.05, 4.69) is 12.1 Å². The third-order valence-electron chi connectivity index (χ3n) is 2.16. The Labute approximate surface area is 85.2 Å². The zero-order valence-corrected chi connectivity index (χ0v) is 9.20. The van der Waals surface area contributed by atoms with E-state index in [-0.39, 0.29) is 5.82 Å². The molecule has 0 atom stereocenters. The second kappa shape index (κ2) is 4.20. The molecule has 0 aliphatic carbocycles. The number of benzene rings is 2. The first-order valence-electron chi connectivity index (χ1n) is 4.63. The van der Waals surface area contributed by atoms with Gasteiger partial charge in [0.2, 0.25) is 0 Å². The molecular weight excluding hydrogens is 191 g/mol. The van der Waals surface area contributed by atoms with Gasteiger partial charge in [0.25, 0.3) is 0 Å². The van der Waals surface area contributed by atoms with E-state index in [1.807, 2.05) is 30.3 Å². The fourth-order valence-corrected chi connectivity index (χ4v) is 2.88. The van der Waals surface area contributed by atoms with E-state index in [1.54, 1.807) is 0 Å². The Bertz CT molecular complexity index is 394. The first-order valence-corrected chi connectivity index (χ1v) is 6.04. The molecule has 2 rings (SSSR count). The molecule has 0 aliphatic rings. The van der Waals surface area contributed by atoms with Gasteiger partial charge < -0.3 is 0 Å². The van der Waals surface area contributed by atoms with Crippen molar-refractivity contribution in [3.05, 3.63) is 60.4 Å². The SMILES string of the molecule is Fc1ccc([SiH2]c2ccccc2)cc1. The molecule has 2 aromatic rings. The highest BCUT2D eigenvalue weighted by atomic mass is 28.2. The highest BCUT2D eigenvalue weighted by molar-refractivity contribution is 6.67. The van der Waals surface area contributed by atoms with Gasteiger partial charge in [-0.15, -0.1) is 0 Å². The Morgan fingerprint density at radius 1 is 0.714 bits per heavy atom. The molecule has 0 unspecified atom stereocenters. The van der Waals surface area contributed by atoms with Gasteiger partial charge in [-0.1, -0.05) is 52.8 Å². The zero-order chi connectivity index (χ0) is 9.80. The number of hydrogen-bond donors (Lipinski definition) is 0. The summed E-state index contributed by atoms with van der Waals surface area (Å²) in [4.78, 5) is 0. The van der Waals surface area contributed by atoms with Crippen LogP contribution in [0.2, 0.25) is 0 Å². The highest BCUT2D eigenvalue weighted by Crippen LogP contribution is 1.92. The first-order chi connectivity index (χ1) is 6.84. The molecule has 70 valence electrons. The smallest absolute Gasteiger partial charge is 0.123 e. The zero-order valence-electron chi connectivity index (χ0n) is 7.78. The van der Waals surface area contributed by atoms with Crippen molar-refractivity contribution >= 4 is 19.9 Å². The summed E-state index contributed by atoms with van der Waals surface area (Å²) < 4.78 is 12.6. The quantitative estimate of drug-likeness (QED) is 0.636. The summed E-state index contributed by atoms with van der Waals surface area (Å²) in [7, 11) is -0.417. The minimum atomic E-state index is -0.417. The number of hydrogen-bond acceptors (Lipinski definition) is 0. The third-order valence-corrected chi connectivity index (χ3v) is 3.92. The highest BCUT2D eigenvalue weighted by Gasteiger charge is 1.96. The Balaban J connectivity index is 2.16. The molecule has 0 bridgehead atoms. The van der Waals surface area contributed by atoms with E-state index in [1.165, 1.54) is 22.5 Å². The molecule has 0 N–H and O–H groups in total. The summed E-state index contributed by atoms with van der Waals surface area (Å²) in [6.07, 6.45) is 0. The number of halogens is 1. The predicted molar refractivity (Wildman–Crippen MR) is 60.7 cm³/mol. The van der Waals surface area contributed by atoms with Gasteiger partial charge in [-0.25, -0.2) is 4.39 Å². The van der Waals surface area contributed by atoms with Crippen molar-refractivity contribution in [3.63, 3.8) is 0 Å². The van der Waals surface area contributed by atoms with Crippen LogP contribution in [0.1, 0.15) is 0 Å². The van der Waals surface area contributed by atoms with Crippen LogP contribution in [0.4, 0.5) is 4.39 Å². The van der Waals surface area contributed by atoms with Crippen LogP contribution < -0.4 is 10.4 Å². The van der Waals surface area contributed by atoms with Crippen LogP contribution in [-0.4, -0.2) is 9.52 Å². The van der Waals surface area contributed by atoms with Crippen molar-refractivity contribution in [1.29, 1.82) is 0 Å². The summed E-state index contributed by atoms with van der Waals surface area (Å²) in [6, 6.07) is 17.2. The van der Waals surface area contributed by atoms with Crippen LogP contribution in [-0.2, 0) is 0 Å². The molecular formula is C12H11FSi. The van der Waals surface area contributed by atoms with Gasteiger partial charge in [0.15, 0.2) is 0 Å². The lowest BCUT2D eigenvalue weighted by Gasteiger charge is -2.00. The van der Waals surface area contributed by atoms with Crippen LogP contribution in [0.25, 0.3) is 0 Å². The molecule has 0 nitrogen and oxygen atoms in total. The van der Waals surface area contributed by atoms with E-state index < -0.39 is 9.52 Å². The lowest BCUT2D eigenvalue weighted by atomic mass is 10.3. The van der Waals surface area contributed by atoms with Crippen LogP contribution in [0.3, 0.4) is 0 Å². The first kappa shape index (κ1) is 9.15. The van der Waals surface area contributed by atoms with Gasteiger partial charge in [0.05, 0.1) is 9.52 Å². The van der Waals surface area contributed by atoms with Crippen LogP contribution in [0, 0.1) is 5.82 Å². The average molecular weight is 202 g/mol. The molecule has 0 spiro atoms. The van der Waals surface area contributed by atoms with E-state index in [4.69, 9.17) is 0 Å². The second-order valence-electron chi connectivity index (χ2n) is 3.29. The fraction of sp³-hybridized carbons (Fsp3) is 0. The lowest BCUT2D eigenvalue weighted by molar-refractivity contribution is 0.628. The van der Waals surface area contributed by atoms with E-state index in [9.17, 15) is 4.39 Å². The van der Waals surface area contributed by atoms with Crippen LogP contribution in [0.15, 0.2) is 54.6 Å². The van der Waals surface area contributed by atoms with Crippen molar-refractivity contribution in [1.82, 2.24) is 0 Å². The summed E-state index contributed by atoms with van der Waals surface area (Å²) in [6.45, 7) is 0. The van der Waals surface area contributed by atoms with Crippen molar-refractivity contribution in [2.24, 2.45) is 0 Å². The van der Waals surface area contributed by atoms with Gasteiger partial charge >= 0.3 is 0 Å². The van der Waals surface area contributed by atoms with Gasteiger partial charge in [0, 0.05) is 0 Å². The van der Waals surface area contributed by atoms with Gasteiger partial charge in [-0.3, -0.25) is 0 Å². The van der Waals surface area contributed by atoms with E-state index >= 15 is 0 Å². The molecule has 2 aromatic carbocycles. The van der Waals surface area contributed by atoms with Crippen LogP contribution in [0.5, 0.6) is 0 Å². The minimum absolute atomic E-state index is 0.157. The van der Waals surface area contributed by atoms with E-state index in [0.717, 1.165) is 0 Å². The summed E-state index contributed by atoms with van der Waals surface area (Å²) in [5, 5.41) is 2.66. The van der Waals surface area contributed by atoms with Crippen molar-refractivity contribution in [2.75, 3.05) is 0 Å². The maximum atomic E-state index is 12.6. The topological polar surface area (TPSA) is 0 Å². The lowest BCUT2D eigenvalue weighted by Crippen LogP contribution is -2.26. The average Bonchev–Trinajstić information content (AvgIpc) is 2.23. The second-order valence-corrected chi connectivity index (χ2v) is 5.28. The van der Waals surface area contributed by atoms with Crippen molar-refractivity contribution < 1.29 is 4.39 Å². The minimum Gasteiger partial charge on any atom is -0.207 e. The largest absolute Gasteiger partial charge is 0.207 e. The Morgan fingerprint density at radius 2 is 1.29 bits per heavy atom. The van der Waals surface area contributed by atoms with Gasteiger partial charge in [-0.05, 0) is 12.1 Å². The predicted octanol–water partition coefficient (Wildman–Crippen LogP) is 0.945. The molecule has 0 fully saturated rings. The Morgan fingerprint density at radius 3 is 1.93 bits per heavy atom. The summed E-state index contributed by atoms with van der Waals surface area (Å²) in [5.74, 6) is -0.157. The van der Waals surface area contributed by atoms with E-state index in [0.29, 0.717) is 0 Å². The monoisotopic (exact) mass is 202 g/mol. The van der Waals surface area contributed by atoms with Crippen molar-refractivity contribution in [2.45, 2.75) is 0 Å².